The van der Waals surface area contributed by atoms with Crippen molar-refractivity contribution in [1.29, 1.82) is 0 Å². The predicted octanol–water partition coefficient (Wildman–Crippen LogP) is 4.92. The molecule has 1 aliphatic heterocycles. The van der Waals surface area contributed by atoms with Crippen LogP contribution in [0.5, 0.6) is 0 Å². The van der Waals surface area contributed by atoms with Gasteiger partial charge >= 0.3 is 0 Å². The van der Waals surface area contributed by atoms with E-state index in [1.54, 1.807) is 42.5 Å². The van der Waals surface area contributed by atoms with Gasteiger partial charge in [-0.1, -0.05) is 29.8 Å². The molecule has 5 rings (SSSR count). The van der Waals surface area contributed by atoms with Crippen LogP contribution in [0.1, 0.15) is 33.5 Å². The Labute approximate surface area is 168 Å². The van der Waals surface area contributed by atoms with Gasteiger partial charge in [0.1, 0.15) is 17.2 Å². The van der Waals surface area contributed by atoms with Crippen molar-refractivity contribution >= 4 is 28.5 Å². The van der Waals surface area contributed by atoms with Crippen LogP contribution in [0.3, 0.4) is 0 Å². The molecule has 1 atom stereocenters. The molecule has 0 fully saturated rings. The number of furan rings is 1. The molecule has 0 N–H and O–H groups in total. The number of nitrogens with zero attached hydrogens (tertiary/aromatic N) is 1. The van der Waals surface area contributed by atoms with Gasteiger partial charge in [0, 0.05) is 10.6 Å². The van der Waals surface area contributed by atoms with E-state index in [1.165, 1.54) is 23.3 Å². The fourth-order valence-corrected chi connectivity index (χ4v) is 3.92. The Hall–Kier alpha value is -3.38. The molecule has 0 bridgehead atoms. The number of amides is 1. The maximum atomic E-state index is 14.7. The van der Waals surface area contributed by atoms with Crippen molar-refractivity contribution in [2.24, 2.45) is 0 Å². The molecule has 2 aromatic carbocycles. The number of carbonyl (C=O) groups excluding carboxylic acids is 1. The molecule has 144 valence electrons. The van der Waals surface area contributed by atoms with Gasteiger partial charge in [-0.25, -0.2) is 4.39 Å². The zero-order valence-electron chi connectivity index (χ0n) is 14.9. The highest BCUT2D eigenvalue weighted by atomic mass is 35.5. The topological polar surface area (TPSA) is 63.7 Å². The van der Waals surface area contributed by atoms with Crippen molar-refractivity contribution in [3.05, 3.63) is 105 Å². The highest BCUT2D eigenvalue weighted by molar-refractivity contribution is 6.31. The number of carbonyl (C=O) groups is 1. The number of rotatable bonds is 3. The van der Waals surface area contributed by atoms with Gasteiger partial charge in [0.15, 0.2) is 5.43 Å². The number of hydrogen-bond acceptors (Lipinski definition) is 4. The molecular formula is C22H13ClFNO4. The van der Waals surface area contributed by atoms with Crippen LogP contribution in [-0.2, 0) is 6.54 Å². The van der Waals surface area contributed by atoms with Crippen LogP contribution >= 0.6 is 11.6 Å². The molecule has 0 saturated carbocycles. The molecule has 0 saturated heterocycles. The predicted molar refractivity (Wildman–Crippen MR) is 104 cm³/mol. The molecule has 3 heterocycles. The highest BCUT2D eigenvalue weighted by Gasteiger charge is 2.44. The van der Waals surface area contributed by atoms with Gasteiger partial charge < -0.3 is 13.7 Å². The lowest BCUT2D eigenvalue weighted by molar-refractivity contribution is 0.0699. The Morgan fingerprint density at radius 2 is 1.90 bits per heavy atom. The molecule has 0 unspecified atom stereocenters. The molecule has 5 nitrogen and oxygen atoms in total. The lowest BCUT2D eigenvalue weighted by Crippen LogP contribution is -2.29. The second-order valence-electron chi connectivity index (χ2n) is 6.75. The molecular weight excluding hydrogens is 397 g/mol. The van der Waals surface area contributed by atoms with Crippen molar-refractivity contribution in [3.8, 4) is 0 Å². The fourth-order valence-electron chi connectivity index (χ4n) is 3.75. The summed E-state index contributed by atoms with van der Waals surface area (Å²) in [5, 5.41) is 0.606. The van der Waals surface area contributed by atoms with Gasteiger partial charge in [0.25, 0.3) is 5.91 Å². The van der Waals surface area contributed by atoms with Crippen molar-refractivity contribution in [3.63, 3.8) is 0 Å². The Bertz CT molecular complexity index is 1310. The van der Waals surface area contributed by atoms with Crippen molar-refractivity contribution < 1.29 is 18.0 Å². The summed E-state index contributed by atoms with van der Waals surface area (Å²) in [6, 6.07) is 13.1. The first-order valence-electron chi connectivity index (χ1n) is 8.88. The first-order chi connectivity index (χ1) is 14.0. The minimum absolute atomic E-state index is 0.0611. The summed E-state index contributed by atoms with van der Waals surface area (Å²) in [6.07, 6.45) is 1.49. The van der Waals surface area contributed by atoms with Gasteiger partial charge in [-0.2, -0.15) is 0 Å². The van der Waals surface area contributed by atoms with E-state index < -0.39 is 23.2 Å². The molecule has 1 aliphatic rings. The van der Waals surface area contributed by atoms with Crippen molar-refractivity contribution in [2.75, 3.05) is 0 Å². The maximum Gasteiger partial charge on any atom is 0.291 e. The standard InChI is InChI=1S/C22H13ClFNO4/c23-12-7-8-17-15(10-12)20(26)18-19(14-5-1-2-6-16(14)24)25(22(27)21(18)29-17)11-13-4-3-9-28-13/h1-10,19H,11H2/t19-/m0/s1. The molecule has 0 radical (unpaired) electrons. The largest absolute Gasteiger partial charge is 0.467 e. The summed E-state index contributed by atoms with van der Waals surface area (Å²) < 4.78 is 25.9. The van der Waals surface area contributed by atoms with Crippen LogP contribution in [0.4, 0.5) is 4.39 Å². The average molecular weight is 410 g/mol. The van der Waals surface area contributed by atoms with Crippen molar-refractivity contribution in [1.82, 2.24) is 4.90 Å². The third kappa shape index (κ3) is 2.76. The number of fused-ring (bicyclic) bond motifs is 2. The van der Waals surface area contributed by atoms with Gasteiger partial charge in [-0.3, -0.25) is 9.59 Å². The summed E-state index contributed by atoms with van der Waals surface area (Å²) in [4.78, 5) is 27.9. The van der Waals surface area contributed by atoms with Gasteiger partial charge in [-0.15, -0.1) is 0 Å². The Morgan fingerprint density at radius 3 is 2.66 bits per heavy atom. The molecule has 0 spiro atoms. The zero-order valence-corrected chi connectivity index (χ0v) is 15.7. The third-order valence-electron chi connectivity index (χ3n) is 5.03. The van der Waals surface area contributed by atoms with E-state index in [1.807, 2.05) is 0 Å². The fraction of sp³-hybridized carbons (Fsp3) is 0.0909. The van der Waals surface area contributed by atoms with Crippen LogP contribution in [0, 0.1) is 5.82 Å². The minimum Gasteiger partial charge on any atom is -0.467 e. The summed E-state index contributed by atoms with van der Waals surface area (Å²) in [5.74, 6) is -0.607. The minimum atomic E-state index is -0.941. The van der Waals surface area contributed by atoms with E-state index in [-0.39, 0.29) is 34.4 Å². The first kappa shape index (κ1) is 17.7. The molecule has 2 aromatic heterocycles. The van der Waals surface area contributed by atoms with Crippen LogP contribution in [0.15, 0.2) is 74.5 Å². The lowest BCUT2D eigenvalue weighted by Gasteiger charge is -2.24. The monoisotopic (exact) mass is 409 g/mol. The Balaban J connectivity index is 1.78. The summed E-state index contributed by atoms with van der Waals surface area (Å²) in [6.45, 7) is 0.0611. The van der Waals surface area contributed by atoms with E-state index in [2.05, 4.69) is 0 Å². The maximum absolute atomic E-state index is 14.7. The molecule has 1 amide bonds. The van der Waals surface area contributed by atoms with Crippen LogP contribution in [-0.4, -0.2) is 10.8 Å². The van der Waals surface area contributed by atoms with Crippen LogP contribution in [0.25, 0.3) is 11.0 Å². The molecule has 4 aromatic rings. The summed E-state index contributed by atoms with van der Waals surface area (Å²) in [5.41, 5.74) is 0.146. The average Bonchev–Trinajstić information content (AvgIpc) is 3.31. The van der Waals surface area contributed by atoms with Crippen molar-refractivity contribution in [2.45, 2.75) is 12.6 Å². The molecule has 7 heteroatoms. The van der Waals surface area contributed by atoms with Gasteiger partial charge in [0.05, 0.1) is 29.8 Å². The third-order valence-corrected chi connectivity index (χ3v) is 5.27. The molecule has 0 aliphatic carbocycles. The second-order valence-corrected chi connectivity index (χ2v) is 7.19. The smallest absolute Gasteiger partial charge is 0.291 e. The number of halogens is 2. The molecule has 29 heavy (non-hydrogen) atoms. The zero-order chi connectivity index (χ0) is 20.1. The Kier molecular flexibility index (Phi) is 4.03. The van der Waals surface area contributed by atoms with Gasteiger partial charge in [0.2, 0.25) is 5.76 Å². The number of hydrogen-bond donors (Lipinski definition) is 0. The summed E-state index contributed by atoms with van der Waals surface area (Å²) >= 11 is 6.04. The van der Waals surface area contributed by atoms with Gasteiger partial charge in [-0.05, 0) is 36.4 Å². The van der Waals surface area contributed by atoms with Crippen LogP contribution in [0.2, 0.25) is 5.02 Å². The van der Waals surface area contributed by atoms with E-state index >= 15 is 0 Å². The SMILES string of the molecule is O=C1c2oc3ccc(Cl)cc3c(=O)c2[C@H](c2ccccc2F)N1Cc1ccco1. The second kappa shape index (κ2) is 6.60. The van der Waals surface area contributed by atoms with Crippen LogP contribution < -0.4 is 5.43 Å². The Morgan fingerprint density at radius 1 is 1.07 bits per heavy atom. The number of benzene rings is 2. The van der Waals surface area contributed by atoms with E-state index in [0.29, 0.717) is 10.8 Å². The normalized spacial score (nSPS) is 15.9. The van der Waals surface area contributed by atoms with E-state index in [4.69, 9.17) is 20.4 Å². The van der Waals surface area contributed by atoms with E-state index in [0.717, 1.165) is 0 Å². The quantitative estimate of drug-likeness (QED) is 0.481. The summed E-state index contributed by atoms with van der Waals surface area (Å²) in [7, 11) is 0. The highest BCUT2D eigenvalue weighted by Crippen LogP contribution is 2.40. The van der Waals surface area contributed by atoms with E-state index in [9.17, 15) is 14.0 Å². The lowest BCUT2D eigenvalue weighted by atomic mass is 9.98. The first-order valence-corrected chi connectivity index (χ1v) is 9.26.